The summed E-state index contributed by atoms with van der Waals surface area (Å²) in [5, 5.41) is 3.30. The lowest BCUT2D eigenvalue weighted by atomic mass is 10.0. The zero-order valence-electron chi connectivity index (χ0n) is 12.6. The van der Waals surface area contributed by atoms with Gasteiger partial charge < -0.3 is 19.5 Å². The van der Waals surface area contributed by atoms with Crippen LogP contribution < -0.4 is 10.1 Å². The molecule has 1 aromatic rings. The van der Waals surface area contributed by atoms with E-state index >= 15 is 0 Å². The van der Waals surface area contributed by atoms with Crippen LogP contribution in [-0.2, 0) is 9.47 Å². The van der Waals surface area contributed by atoms with Crippen LogP contribution in [0.25, 0.3) is 0 Å². The Morgan fingerprint density at radius 3 is 2.95 bits per heavy atom. The molecule has 1 fully saturated rings. The van der Waals surface area contributed by atoms with Crippen molar-refractivity contribution in [3.8, 4) is 5.75 Å². The lowest BCUT2D eigenvalue weighted by molar-refractivity contribution is 0.0104. The van der Waals surface area contributed by atoms with Crippen molar-refractivity contribution in [3.63, 3.8) is 0 Å². The van der Waals surface area contributed by atoms with Gasteiger partial charge in [0.1, 0.15) is 5.75 Å². The van der Waals surface area contributed by atoms with E-state index in [0.717, 1.165) is 30.8 Å². The molecule has 4 nitrogen and oxygen atoms in total. The Morgan fingerprint density at radius 2 is 2.30 bits per heavy atom. The maximum absolute atomic E-state index is 5.82. The second-order valence-corrected chi connectivity index (χ2v) is 5.26. The number of likely N-dealkylation sites (N-methyl/N-ethyl adjacent to an activating group) is 1. The number of rotatable bonds is 7. The third-order valence-electron chi connectivity index (χ3n) is 3.72. The number of hydrogen-bond donors (Lipinski definition) is 1. The predicted molar refractivity (Wildman–Crippen MR) is 79.3 cm³/mol. The molecule has 1 aliphatic rings. The van der Waals surface area contributed by atoms with Crippen LogP contribution in [0.2, 0.25) is 0 Å². The van der Waals surface area contributed by atoms with Crippen molar-refractivity contribution in [3.05, 3.63) is 29.3 Å². The van der Waals surface area contributed by atoms with Gasteiger partial charge >= 0.3 is 0 Å². The summed E-state index contributed by atoms with van der Waals surface area (Å²) >= 11 is 0. The standard InChI is InChI=1S/C16H25NO3/c1-12-6-7-16(18-3)14(9-12)15(17-2)11-19-10-13-5-4-8-20-13/h6-7,9,13,15,17H,4-5,8,10-11H2,1-3H3. The molecule has 2 unspecified atom stereocenters. The molecule has 0 bridgehead atoms. The van der Waals surface area contributed by atoms with Crippen LogP contribution >= 0.6 is 0 Å². The zero-order chi connectivity index (χ0) is 14.4. The molecule has 1 saturated heterocycles. The van der Waals surface area contributed by atoms with Crippen LogP contribution in [0.1, 0.15) is 30.0 Å². The van der Waals surface area contributed by atoms with Crippen molar-refractivity contribution < 1.29 is 14.2 Å². The zero-order valence-corrected chi connectivity index (χ0v) is 12.6. The largest absolute Gasteiger partial charge is 0.496 e. The van der Waals surface area contributed by atoms with Crippen molar-refractivity contribution in [1.29, 1.82) is 0 Å². The van der Waals surface area contributed by atoms with Crippen LogP contribution in [-0.4, -0.2) is 40.1 Å². The number of methoxy groups -OCH3 is 1. The average molecular weight is 279 g/mol. The van der Waals surface area contributed by atoms with Crippen LogP contribution in [0, 0.1) is 6.92 Å². The number of ether oxygens (including phenoxy) is 3. The van der Waals surface area contributed by atoms with Gasteiger partial charge in [-0.3, -0.25) is 0 Å². The second kappa shape index (κ2) is 7.62. The molecular weight excluding hydrogens is 254 g/mol. The molecule has 0 saturated carbocycles. The first kappa shape index (κ1) is 15.3. The van der Waals surface area contributed by atoms with E-state index in [-0.39, 0.29) is 12.1 Å². The Kier molecular flexibility index (Phi) is 5.83. The molecule has 112 valence electrons. The van der Waals surface area contributed by atoms with Crippen LogP contribution in [0.4, 0.5) is 0 Å². The highest BCUT2D eigenvalue weighted by atomic mass is 16.5. The van der Waals surface area contributed by atoms with Gasteiger partial charge in [-0.15, -0.1) is 0 Å². The van der Waals surface area contributed by atoms with Gasteiger partial charge in [-0.2, -0.15) is 0 Å². The quantitative estimate of drug-likeness (QED) is 0.832. The fraction of sp³-hybridized carbons (Fsp3) is 0.625. The lowest BCUT2D eigenvalue weighted by Crippen LogP contribution is -2.25. The average Bonchev–Trinajstić information content (AvgIpc) is 2.97. The Morgan fingerprint density at radius 1 is 1.45 bits per heavy atom. The van der Waals surface area contributed by atoms with Crippen molar-refractivity contribution >= 4 is 0 Å². The van der Waals surface area contributed by atoms with Gasteiger partial charge in [-0.05, 0) is 32.9 Å². The first-order valence-electron chi connectivity index (χ1n) is 7.25. The van der Waals surface area contributed by atoms with E-state index in [1.54, 1.807) is 7.11 Å². The highest BCUT2D eigenvalue weighted by Gasteiger charge is 2.18. The molecule has 4 heteroatoms. The summed E-state index contributed by atoms with van der Waals surface area (Å²) in [5.74, 6) is 0.899. The van der Waals surface area contributed by atoms with Gasteiger partial charge in [0.2, 0.25) is 0 Å². The van der Waals surface area contributed by atoms with Gasteiger partial charge in [0, 0.05) is 12.2 Å². The fourth-order valence-corrected chi connectivity index (χ4v) is 2.55. The summed E-state index contributed by atoms with van der Waals surface area (Å²) in [7, 11) is 3.65. The minimum Gasteiger partial charge on any atom is -0.496 e. The summed E-state index contributed by atoms with van der Waals surface area (Å²) in [6, 6.07) is 6.35. The van der Waals surface area contributed by atoms with E-state index in [0.29, 0.717) is 13.2 Å². The summed E-state index contributed by atoms with van der Waals surface area (Å²) in [6.07, 6.45) is 2.53. The van der Waals surface area contributed by atoms with E-state index in [1.165, 1.54) is 5.56 Å². The number of benzene rings is 1. The fourth-order valence-electron chi connectivity index (χ4n) is 2.55. The van der Waals surface area contributed by atoms with Gasteiger partial charge in [-0.25, -0.2) is 0 Å². The normalized spacial score (nSPS) is 20.1. The molecule has 1 aliphatic heterocycles. The van der Waals surface area contributed by atoms with E-state index in [4.69, 9.17) is 14.2 Å². The van der Waals surface area contributed by atoms with Crippen molar-refractivity contribution in [1.82, 2.24) is 5.32 Å². The summed E-state index contributed by atoms with van der Waals surface area (Å²) in [4.78, 5) is 0. The monoisotopic (exact) mass is 279 g/mol. The smallest absolute Gasteiger partial charge is 0.123 e. The van der Waals surface area contributed by atoms with Gasteiger partial charge in [-0.1, -0.05) is 17.7 Å². The van der Waals surface area contributed by atoms with Gasteiger partial charge in [0.25, 0.3) is 0 Å². The van der Waals surface area contributed by atoms with Gasteiger partial charge in [0.15, 0.2) is 0 Å². The second-order valence-electron chi connectivity index (χ2n) is 5.26. The number of aryl methyl sites for hydroxylation is 1. The molecular formula is C16H25NO3. The molecule has 0 radical (unpaired) electrons. The third-order valence-corrected chi connectivity index (χ3v) is 3.72. The molecule has 0 amide bonds. The minimum absolute atomic E-state index is 0.131. The van der Waals surface area contributed by atoms with Gasteiger partial charge in [0.05, 0.1) is 32.5 Å². The maximum atomic E-state index is 5.82. The van der Waals surface area contributed by atoms with E-state index < -0.39 is 0 Å². The van der Waals surface area contributed by atoms with E-state index in [9.17, 15) is 0 Å². The van der Waals surface area contributed by atoms with Crippen LogP contribution in [0.5, 0.6) is 5.75 Å². The summed E-state index contributed by atoms with van der Waals surface area (Å²) < 4.78 is 16.8. The van der Waals surface area contributed by atoms with Crippen molar-refractivity contribution in [2.75, 3.05) is 34.0 Å². The number of hydrogen-bond acceptors (Lipinski definition) is 4. The molecule has 20 heavy (non-hydrogen) atoms. The minimum atomic E-state index is 0.131. The topological polar surface area (TPSA) is 39.7 Å². The SMILES string of the molecule is CNC(COCC1CCCO1)c1cc(C)ccc1OC. The Labute approximate surface area is 121 Å². The Bertz CT molecular complexity index is 416. The van der Waals surface area contributed by atoms with Crippen LogP contribution in [0.15, 0.2) is 18.2 Å². The van der Waals surface area contributed by atoms with Crippen LogP contribution in [0.3, 0.4) is 0 Å². The summed E-state index contributed by atoms with van der Waals surface area (Å²) in [5.41, 5.74) is 2.36. The highest BCUT2D eigenvalue weighted by Crippen LogP contribution is 2.26. The first-order chi connectivity index (χ1) is 9.74. The van der Waals surface area contributed by atoms with Crippen molar-refractivity contribution in [2.24, 2.45) is 0 Å². The highest BCUT2D eigenvalue weighted by molar-refractivity contribution is 5.39. The van der Waals surface area contributed by atoms with Crippen molar-refractivity contribution in [2.45, 2.75) is 31.9 Å². The maximum Gasteiger partial charge on any atom is 0.123 e. The molecule has 2 atom stereocenters. The number of nitrogens with one attached hydrogen (secondary N) is 1. The molecule has 1 heterocycles. The van der Waals surface area contributed by atoms with E-state index in [1.807, 2.05) is 13.1 Å². The predicted octanol–water partition coefficient (Wildman–Crippen LogP) is 2.46. The molecule has 0 aliphatic carbocycles. The Balaban J connectivity index is 1.94. The Hall–Kier alpha value is -1.10. The first-order valence-corrected chi connectivity index (χ1v) is 7.25. The molecule has 0 spiro atoms. The lowest BCUT2D eigenvalue weighted by Gasteiger charge is -2.21. The molecule has 1 aromatic carbocycles. The molecule has 2 rings (SSSR count). The van der Waals surface area contributed by atoms with E-state index in [2.05, 4.69) is 24.4 Å². The molecule has 1 N–H and O–H groups in total. The molecule has 0 aromatic heterocycles. The summed E-state index contributed by atoms with van der Waals surface area (Å²) in [6.45, 7) is 4.25. The third kappa shape index (κ3) is 3.95.